The van der Waals surface area contributed by atoms with Crippen molar-refractivity contribution in [3.63, 3.8) is 0 Å². The molecule has 0 spiro atoms. The van der Waals surface area contributed by atoms with Crippen LogP contribution in [0.3, 0.4) is 0 Å². The van der Waals surface area contributed by atoms with Gasteiger partial charge in [-0.15, -0.1) is 0 Å². The topological polar surface area (TPSA) is 33.7 Å². The molecule has 1 N–H and O–H groups in total. The summed E-state index contributed by atoms with van der Waals surface area (Å²) in [5.74, 6) is 0.933. The van der Waals surface area contributed by atoms with E-state index < -0.39 is 0 Å². The number of hydrogen-bond donors (Lipinski definition) is 1. The Morgan fingerprint density at radius 3 is 2.55 bits per heavy atom. The summed E-state index contributed by atoms with van der Waals surface area (Å²) in [5, 5.41) is 3.39. The van der Waals surface area contributed by atoms with E-state index in [4.69, 9.17) is 9.47 Å². The summed E-state index contributed by atoms with van der Waals surface area (Å²) in [7, 11) is 7.57. The number of ether oxygens (including phenoxy) is 2. The lowest BCUT2D eigenvalue weighted by atomic mass is 10.0. The molecular weight excluding hydrogens is 252 g/mol. The van der Waals surface area contributed by atoms with Crippen LogP contribution in [-0.2, 0) is 4.74 Å². The summed E-state index contributed by atoms with van der Waals surface area (Å²) in [4.78, 5) is 2.30. The fourth-order valence-corrected chi connectivity index (χ4v) is 2.31. The van der Waals surface area contributed by atoms with Crippen LogP contribution in [0.5, 0.6) is 5.75 Å². The van der Waals surface area contributed by atoms with Gasteiger partial charge >= 0.3 is 0 Å². The molecule has 0 heterocycles. The summed E-state index contributed by atoms with van der Waals surface area (Å²) in [5.41, 5.74) is 2.44. The second-order valence-corrected chi connectivity index (χ2v) is 5.33. The normalized spacial score (nSPS) is 14.3. The fourth-order valence-electron chi connectivity index (χ4n) is 2.31. The summed E-state index contributed by atoms with van der Waals surface area (Å²) in [6.07, 6.45) is 0. The molecule has 1 aromatic rings. The second-order valence-electron chi connectivity index (χ2n) is 5.33. The highest BCUT2D eigenvalue weighted by atomic mass is 16.5. The van der Waals surface area contributed by atoms with E-state index in [0.29, 0.717) is 6.04 Å². The standard InChI is InChI=1S/C16H28N2O2/c1-12-7-8-16(20-6)14(9-12)15(17-3)10-18(4)13(2)11-19-5/h7-9,13,15,17H,10-11H2,1-6H3. The van der Waals surface area contributed by atoms with Gasteiger partial charge in [0.05, 0.1) is 13.7 Å². The van der Waals surface area contributed by atoms with Gasteiger partial charge in [0.15, 0.2) is 0 Å². The van der Waals surface area contributed by atoms with Crippen LogP contribution in [-0.4, -0.2) is 52.4 Å². The van der Waals surface area contributed by atoms with Gasteiger partial charge in [-0.3, -0.25) is 4.90 Å². The Morgan fingerprint density at radius 1 is 1.30 bits per heavy atom. The fraction of sp³-hybridized carbons (Fsp3) is 0.625. The van der Waals surface area contributed by atoms with Gasteiger partial charge in [0, 0.05) is 31.3 Å². The molecule has 1 aromatic carbocycles. The number of aryl methyl sites for hydroxylation is 1. The maximum atomic E-state index is 5.49. The Labute approximate surface area is 123 Å². The lowest BCUT2D eigenvalue weighted by Crippen LogP contribution is -2.39. The number of methoxy groups -OCH3 is 2. The van der Waals surface area contributed by atoms with Crippen LogP contribution >= 0.6 is 0 Å². The molecule has 0 amide bonds. The zero-order chi connectivity index (χ0) is 15.1. The van der Waals surface area contributed by atoms with E-state index in [1.54, 1.807) is 14.2 Å². The molecule has 2 unspecified atom stereocenters. The molecule has 2 atom stereocenters. The average molecular weight is 280 g/mol. The van der Waals surface area contributed by atoms with Gasteiger partial charge in [-0.05, 0) is 34.0 Å². The lowest BCUT2D eigenvalue weighted by Gasteiger charge is -2.29. The molecule has 0 aromatic heterocycles. The van der Waals surface area contributed by atoms with Crippen LogP contribution in [0.1, 0.15) is 24.1 Å². The van der Waals surface area contributed by atoms with Crippen molar-refractivity contribution < 1.29 is 9.47 Å². The minimum atomic E-state index is 0.231. The lowest BCUT2D eigenvalue weighted by molar-refractivity contribution is 0.109. The number of benzene rings is 1. The number of likely N-dealkylation sites (N-methyl/N-ethyl adjacent to an activating group) is 2. The van der Waals surface area contributed by atoms with Gasteiger partial charge in [-0.25, -0.2) is 0 Å². The zero-order valence-electron chi connectivity index (χ0n) is 13.6. The minimum Gasteiger partial charge on any atom is -0.496 e. The van der Waals surface area contributed by atoms with Crippen LogP contribution in [0.4, 0.5) is 0 Å². The third kappa shape index (κ3) is 4.47. The molecule has 4 heteroatoms. The van der Waals surface area contributed by atoms with E-state index in [1.807, 2.05) is 13.1 Å². The molecule has 114 valence electrons. The van der Waals surface area contributed by atoms with Crippen molar-refractivity contribution in [3.05, 3.63) is 29.3 Å². The van der Waals surface area contributed by atoms with Gasteiger partial charge in [0.2, 0.25) is 0 Å². The molecule has 20 heavy (non-hydrogen) atoms. The van der Waals surface area contributed by atoms with Crippen LogP contribution in [0.2, 0.25) is 0 Å². The first-order valence-corrected chi connectivity index (χ1v) is 7.04. The smallest absolute Gasteiger partial charge is 0.123 e. The quantitative estimate of drug-likeness (QED) is 0.792. The predicted octanol–water partition coefficient (Wildman–Crippen LogP) is 2.23. The van der Waals surface area contributed by atoms with E-state index in [1.165, 1.54) is 11.1 Å². The van der Waals surface area contributed by atoms with Crippen molar-refractivity contribution in [2.75, 3.05) is 41.5 Å². The van der Waals surface area contributed by atoms with Crippen LogP contribution in [0.25, 0.3) is 0 Å². The molecule has 0 fully saturated rings. The highest BCUT2D eigenvalue weighted by Gasteiger charge is 2.19. The molecule has 0 saturated carbocycles. The van der Waals surface area contributed by atoms with Crippen molar-refractivity contribution >= 4 is 0 Å². The van der Waals surface area contributed by atoms with Crippen molar-refractivity contribution in [1.29, 1.82) is 0 Å². The monoisotopic (exact) mass is 280 g/mol. The predicted molar refractivity (Wildman–Crippen MR) is 83.5 cm³/mol. The average Bonchev–Trinajstić information content (AvgIpc) is 2.44. The van der Waals surface area contributed by atoms with Gasteiger partial charge in [0.25, 0.3) is 0 Å². The largest absolute Gasteiger partial charge is 0.496 e. The first-order chi connectivity index (χ1) is 9.53. The zero-order valence-corrected chi connectivity index (χ0v) is 13.6. The van der Waals surface area contributed by atoms with Gasteiger partial charge < -0.3 is 14.8 Å². The molecule has 0 aliphatic rings. The van der Waals surface area contributed by atoms with Crippen LogP contribution in [0.15, 0.2) is 18.2 Å². The Balaban J connectivity index is 2.87. The molecule has 4 nitrogen and oxygen atoms in total. The highest BCUT2D eigenvalue weighted by Crippen LogP contribution is 2.27. The van der Waals surface area contributed by atoms with Gasteiger partial charge in [-0.2, -0.15) is 0 Å². The maximum Gasteiger partial charge on any atom is 0.123 e. The first kappa shape index (κ1) is 17.0. The highest BCUT2D eigenvalue weighted by molar-refractivity contribution is 5.39. The summed E-state index contributed by atoms with van der Waals surface area (Å²) in [6, 6.07) is 6.91. The molecule has 0 radical (unpaired) electrons. The molecule has 0 saturated heterocycles. The molecular formula is C16H28N2O2. The van der Waals surface area contributed by atoms with E-state index in [-0.39, 0.29) is 6.04 Å². The maximum absolute atomic E-state index is 5.49. The number of nitrogens with zero attached hydrogens (tertiary/aromatic N) is 1. The third-order valence-corrected chi connectivity index (χ3v) is 3.74. The molecule has 0 aliphatic carbocycles. The SMILES string of the molecule is CNC(CN(C)C(C)COC)c1cc(C)ccc1OC. The second kappa shape index (κ2) is 8.25. The molecule has 0 bridgehead atoms. The van der Waals surface area contributed by atoms with E-state index in [2.05, 4.69) is 43.2 Å². The summed E-state index contributed by atoms with van der Waals surface area (Å²) in [6.45, 7) is 5.91. The van der Waals surface area contributed by atoms with Crippen molar-refractivity contribution in [3.8, 4) is 5.75 Å². The minimum absolute atomic E-state index is 0.231. The van der Waals surface area contributed by atoms with E-state index >= 15 is 0 Å². The number of rotatable bonds is 8. The Kier molecular flexibility index (Phi) is 6.99. The van der Waals surface area contributed by atoms with E-state index in [9.17, 15) is 0 Å². The van der Waals surface area contributed by atoms with Gasteiger partial charge in [0.1, 0.15) is 5.75 Å². The van der Waals surface area contributed by atoms with Gasteiger partial charge in [-0.1, -0.05) is 17.7 Å². The summed E-state index contributed by atoms with van der Waals surface area (Å²) >= 11 is 0. The van der Waals surface area contributed by atoms with Crippen LogP contribution < -0.4 is 10.1 Å². The third-order valence-electron chi connectivity index (χ3n) is 3.74. The van der Waals surface area contributed by atoms with Crippen molar-refractivity contribution in [2.45, 2.75) is 25.9 Å². The number of hydrogen-bond acceptors (Lipinski definition) is 4. The van der Waals surface area contributed by atoms with E-state index in [0.717, 1.165) is 18.9 Å². The Hall–Kier alpha value is -1.10. The Morgan fingerprint density at radius 2 is 2.00 bits per heavy atom. The Bertz CT molecular complexity index is 409. The summed E-state index contributed by atoms with van der Waals surface area (Å²) < 4.78 is 10.7. The van der Waals surface area contributed by atoms with Crippen LogP contribution in [0, 0.1) is 6.92 Å². The molecule has 0 aliphatic heterocycles. The van der Waals surface area contributed by atoms with Crippen molar-refractivity contribution in [2.24, 2.45) is 0 Å². The number of nitrogens with one attached hydrogen (secondary N) is 1. The first-order valence-electron chi connectivity index (χ1n) is 7.04. The molecule has 1 rings (SSSR count). The van der Waals surface area contributed by atoms with Crippen molar-refractivity contribution in [1.82, 2.24) is 10.2 Å².